The number of hydrogen-bond donors (Lipinski definition) is 0. The van der Waals surface area contributed by atoms with Crippen LogP contribution in [0.2, 0.25) is 0 Å². The molecule has 0 N–H and O–H groups in total. The SMILES string of the molecule is CC\C=C/C=C\C=C/C=C\C=C/CCCCCC(=O)OC(COC(=O)CCCCCCCCCCCC/C=C\C=C/CCCCC)COC(=O)CCCCCCCCCCCCCCCC. The van der Waals surface area contributed by atoms with E-state index in [1.165, 1.54) is 148 Å². The van der Waals surface area contributed by atoms with E-state index in [4.69, 9.17) is 14.2 Å². The molecule has 6 nitrogen and oxygen atoms in total. The molecule has 0 aromatic carbocycles. The Morgan fingerprint density at radius 3 is 0.985 bits per heavy atom. The summed E-state index contributed by atoms with van der Waals surface area (Å²) in [4.78, 5) is 38.1. The summed E-state index contributed by atoms with van der Waals surface area (Å²) in [5.74, 6) is -0.934. The van der Waals surface area contributed by atoms with E-state index in [1.54, 1.807) is 0 Å². The molecule has 6 heteroatoms. The van der Waals surface area contributed by atoms with Crippen LogP contribution in [-0.4, -0.2) is 37.2 Å². The summed E-state index contributed by atoms with van der Waals surface area (Å²) in [7, 11) is 0. The maximum Gasteiger partial charge on any atom is 0.306 e. The third-order valence-corrected chi connectivity index (χ3v) is 11.8. The molecular formula is C60H102O6. The van der Waals surface area contributed by atoms with Crippen LogP contribution >= 0.6 is 0 Å². The quantitative estimate of drug-likeness (QED) is 0.0262. The van der Waals surface area contributed by atoms with Crippen LogP contribution in [0.25, 0.3) is 0 Å². The van der Waals surface area contributed by atoms with Crippen LogP contribution in [0.4, 0.5) is 0 Å². The van der Waals surface area contributed by atoms with E-state index in [2.05, 4.69) is 57.2 Å². The topological polar surface area (TPSA) is 78.9 Å². The minimum Gasteiger partial charge on any atom is -0.462 e. The highest BCUT2D eigenvalue weighted by Crippen LogP contribution is 2.16. The predicted octanol–water partition coefficient (Wildman–Crippen LogP) is 18.4. The average Bonchev–Trinajstić information content (AvgIpc) is 3.31. The second-order valence-corrected chi connectivity index (χ2v) is 18.3. The van der Waals surface area contributed by atoms with Crippen LogP contribution in [0.3, 0.4) is 0 Å². The highest BCUT2D eigenvalue weighted by molar-refractivity contribution is 5.71. The van der Waals surface area contributed by atoms with Gasteiger partial charge in [0, 0.05) is 19.3 Å². The van der Waals surface area contributed by atoms with E-state index in [1.807, 2.05) is 48.6 Å². The van der Waals surface area contributed by atoms with Gasteiger partial charge in [-0.15, -0.1) is 0 Å². The van der Waals surface area contributed by atoms with Gasteiger partial charge in [0.25, 0.3) is 0 Å². The van der Waals surface area contributed by atoms with Gasteiger partial charge in [-0.1, -0.05) is 260 Å². The van der Waals surface area contributed by atoms with Gasteiger partial charge in [0.2, 0.25) is 0 Å². The molecule has 0 fully saturated rings. The number of unbranched alkanes of at least 4 members (excludes halogenated alkanes) is 29. The molecular weight excluding hydrogens is 817 g/mol. The van der Waals surface area contributed by atoms with E-state index in [0.29, 0.717) is 19.3 Å². The normalized spacial score (nSPS) is 12.7. The zero-order chi connectivity index (χ0) is 47.9. The van der Waals surface area contributed by atoms with Gasteiger partial charge in [-0.3, -0.25) is 14.4 Å². The molecule has 0 radical (unpaired) electrons. The monoisotopic (exact) mass is 919 g/mol. The van der Waals surface area contributed by atoms with Crippen LogP contribution in [0.15, 0.2) is 85.1 Å². The van der Waals surface area contributed by atoms with Crippen molar-refractivity contribution in [2.45, 2.75) is 264 Å². The second-order valence-electron chi connectivity index (χ2n) is 18.3. The van der Waals surface area contributed by atoms with Crippen molar-refractivity contribution in [2.75, 3.05) is 13.2 Å². The first kappa shape index (κ1) is 62.6. The second kappa shape index (κ2) is 54.2. The summed E-state index contributed by atoms with van der Waals surface area (Å²) < 4.78 is 16.8. The number of ether oxygens (including phenoxy) is 3. The summed E-state index contributed by atoms with van der Waals surface area (Å²) in [6, 6.07) is 0. The lowest BCUT2D eigenvalue weighted by Gasteiger charge is -2.18. The van der Waals surface area contributed by atoms with Crippen molar-refractivity contribution >= 4 is 17.9 Å². The highest BCUT2D eigenvalue weighted by atomic mass is 16.6. The zero-order valence-corrected chi connectivity index (χ0v) is 43.2. The first-order valence-electron chi connectivity index (χ1n) is 27.7. The summed E-state index contributed by atoms with van der Waals surface area (Å²) in [6.07, 6.45) is 69.9. The van der Waals surface area contributed by atoms with Gasteiger partial charge in [0.15, 0.2) is 6.10 Å². The molecule has 1 atom stereocenters. The Bertz CT molecular complexity index is 1290. The summed E-state index contributed by atoms with van der Waals surface area (Å²) in [6.45, 7) is 6.44. The van der Waals surface area contributed by atoms with Crippen LogP contribution in [0.1, 0.15) is 258 Å². The van der Waals surface area contributed by atoms with Crippen molar-refractivity contribution in [1.82, 2.24) is 0 Å². The summed E-state index contributed by atoms with van der Waals surface area (Å²) in [5.41, 5.74) is 0. The predicted molar refractivity (Wildman–Crippen MR) is 284 cm³/mol. The molecule has 0 saturated carbocycles. The van der Waals surface area contributed by atoms with Crippen LogP contribution in [0, 0.1) is 0 Å². The highest BCUT2D eigenvalue weighted by Gasteiger charge is 2.19. The molecule has 0 aromatic rings. The lowest BCUT2D eigenvalue weighted by atomic mass is 10.0. The van der Waals surface area contributed by atoms with Gasteiger partial charge in [-0.2, -0.15) is 0 Å². The summed E-state index contributed by atoms with van der Waals surface area (Å²) in [5, 5.41) is 0. The molecule has 0 heterocycles. The molecule has 0 amide bonds. The van der Waals surface area contributed by atoms with E-state index in [-0.39, 0.29) is 37.5 Å². The molecule has 0 bridgehead atoms. The molecule has 0 aliphatic heterocycles. The fourth-order valence-electron chi connectivity index (χ4n) is 7.63. The Balaban J connectivity index is 4.42. The minimum absolute atomic E-state index is 0.0932. The molecule has 378 valence electrons. The van der Waals surface area contributed by atoms with Crippen LogP contribution in [-0.2, 0) is 28.6 Å². The largest absolute Gasteiger partial charge is 0.462 e. The van der Waals surface area contributed by atoms with Crippen molar-refractivity contribution < 1.29 is 28.6 Å². The first-order chi connectivity index (χ1) is 32.5. The van der Waals surface area contributed by atoms with E-state index in [9.17, 15) is 14.4 Å². The van der Waals surface area contributed by atoms with Crippen molar-refractivity contribution in [3.8, 4) is 0 Å². The zero-order valence-electron chi connectivity index (χ0n) is 43.2. The van der Waals surface area contributed by atoms with Gasteiger partial charge < -0.3 is 14.2 Å². The Morgan fingerprint density at radius 2 is 0.591 bits per heavy atom. The van der Waals surface area contributed by atoms with E-state index < -0.39 is 6.10 Å². The van der Waals surface area contributed by atoms with Crippen LogP contribution in [0.5, 0.6) is 0 Å². The lowest BCUT2D eigenvalue weighted by molar-refractivity contribution is -0.167. The van der Waals surface area contributed by atoms with Crippen molar-refractivity contribution in [3.63, 3.8) is 0 Å². The van der Waals surface area contributed by atoms with Gasteiger partial charge >= 0.3 is 17.9 Å². The van der Waals surface area contributed by atoms with Crippen molar-refractivity contribution in [2.24, 2.45) is 0 Å². The molecule has 0 aliphatic carbocycles. The minimum atomic E-state index is -0.799. The molecule has 0 rings (SSSR count). The van der Waals surface area contributed by atoms with Crippen molar-refractivity contribution in [3.05, 3.63) is 85.1 Å². The van der Waals surface area contributed by atoms with Gasteiger partial charge in [0.05, 0.1) is 0 Å². The summed E-state index contributed by atoms with van der Waals surface area (Å²) >= 11 is 0. The smallest absolute Gasteiger partial charge is 0.306 e. The van der Waals surface area contributed by atoms with E-state index in [0.717, 1.165) is 64.2 Å². The number of allylic oxidation sites excluding steroid dienone is 14. The fraction of sp³-hybridized carbons (Fsp3) is 0.717. The molecule has 0 spiro atoms. The van der Waals surface area contributed by atoms with Gasteiger partial charge in [0.1, 0.15) is 13.2 Å². The Labute approximate surface area is 407 Å². The number of esters is 3. The van der Waals surface area contributed by atoms with Gasteiger partial charge in [-0.25, -0.2) is 0 Å². The third kappa shape index (κ3) is 51.6. The Morgan fingerprint density at radius 1 is 0.318 bits per heavy atom. The number of rotatable bonds is 49. The van der Waals surface area contributed by atoms with Crippen LogP contribution < -0.4 is 0 Å². The third-order valence-electron chi connectivity index (χ3n) is 11.8. The maximum atomic E-state index is 12.8. The number of carbonyl (C=O) groups is 3. The Hall–Kier alpha value is -3.41. The average molecular weight is 919 g/mol. The maximum absolute atomic E-state index is 12.8. The number of hydrogen-bond acceptors (Lipinski definition) is 6. The van der Waals surface area contributed by atoms with Gasteiger partial charge in [-0.05, 0) is 64.2 Å². The molecule has 66 heavy (non-hydrogen) atoms. The molecule has 0 saturated heterocycles. The standard InChI is InChI=1S/C60H102O6/c1-4-7-10-13-16-19-22-25-28-29-30-31-33-35-38-41-44-47-50-53-59(62)65-56-57(55-64-58(61)52-49-46-43-40-37-34-27-24-21-18-15-12-9-6-3)66-60(63)54-51-48-45-42-39-36-32-26-23-20-17-14-11-8-5-2/h8,11,14,16-17,19-20,22-23,25-26,32,36,39,57H,4-7,9-10,12-13,15,18,21,24,27-31,33-35,37-38,40-56H2,1-3H3/b11-8-,17-14-,19-16-,23-20-,25-22-,32-26-,39-36-. The molecule has 0 aromatic heterocycles. The molecule has 0 aliphatic rings. The van der Waals surface area contributed by atoms with Crippen molar-refractivity contribution in [1.29, 1.82) is 0 Å². The molecule has 1 unspecified atom stereocenters. The first-order valence-corrected chi connectivity index (χ1v) is 27.7. The number of carbonyl (C=O) groups excluding carboxylic acids is 3. The van der Waals surface area contributed by atoms with E-state index >= 15 is 0 Å². The fourth-order valence-corrected chi connectivity index (χ4v) is 7.63. The lowest BCUT2D eigenvalue weighted by Crippen LogP contribution is -2.30. The Kier molecular flexibility index (Phi) is 51.4.